The van der Waals surface area contributed by atoms with Crippen LogP contribution in [0.15, 0.2) is 61.2 Å². The quantitative estimate of drug-likeness (QED) is 0.466. The van der Waals surface area contributed by atoms with Crippen LogP contribution in [-0.4, -0.2) is 12.5 Å². The molecule has 0 unspecified atom stereocenters. The molecule has 3 N–H and O–H groups in total. The van der Waals surface area contributed by atoms with Crippen LogP contribution in [0.3, 0.4) is 0 Å². The van der Waals surface area contributed by atoms with E-state index in [0.29, 0.717) is 24.6 Å². The van der Waals surface area contributed by atoms with E-state index in [4.69, 9.17) is 10.5 Å². The summed E-state index contributed by atoms with van der Waals surface area (Å²) in [6.07, 6.45) is 4.70. The van der Waals surface area contributed by atoms with Gasteiger partial charge in [-0.15, -0.1) is 6.58 Å². The molecule has 0 radical (unpaired) electrons. The maximum Gasteiger partial charge on any atom is 0.244 e. The van der Waals surface area contributed by atoms with Gasteiger partial charge in [-0.1, -0.05) is 24.3 Å². The molecule has 0 aliphatic rings. The van der Waals surface area contributed by atoms with Crippen molar-refractivity contribution >= 4 is 17.7 Å². The van der Waals surface area contributed by atoms with Gasteiger partial charge in [0.1, 0.15) is 18.2 Å². The molecule has 0 saturated heterocycles. The summed E-state index contributed by atoms with van der Waals surface area (Å²) >= 11 is 0. The normalized spacial score (nSPS) is 10.5. The number of carbonyl (C=O) groups excluding carboxylic acids is 1. The summed E-state index contributed by atoms with van der Waals surface area (Å²) in [5, 5.41) is 2.64. The summed E-state index contributed by atoms with van der Waals surface area (Å²) in [5.74, 6) is 0.0456. The van der Waals surface area contributed by atoms with Gasteiger partial charge in [-0.2, -0.15) is 0 Å². The van der Waals surface area contributed by atoms with E-state index in [2.05, 4.69) is 11.9 Å². The van der Waals surface area contributed by atoms with Crippen molar-refractivity contribution in [1.82, 2.24) is 5.32 Å². The predicted octanol–water partition coefficient (Wildman–Crippen LogP) is 3.30. The zero-order valence-corrected chi connectivity index (χ0v) is 13.2. The van der Waals surface area contributed by atoms with E-state index in [0.717, 1.165) is 11.1 Å². The van der Waals surface area contributed by atoms with Crippen molar-refractivity contribution in [2.75, 3.05) is 12.3 Å². The molecule has 1 amide bonds. The number of nitrogens with one attached hydrogen (secondary N) is 1. The lowest BCUT2D eigenvalue weighted by atomic mass is 10.1. The van der Waals surface area contributed by atoms with Crippen LogP contribution < -0.4 is 15.8 Å². The van der Waals surface area contributed by atoms with Gasteiger partial charge in [0.25, 0.3) is 0 Å². The van der Waals surface area contributed by atoms with E-state index >= 15 is 0 Å². The van der Waals surface area contributed by atoms with Crippen molar-refractivity contribution in [2.24, 2.45) is 0 Å². The largest absolute Gasteiger partial charge is 0.487 e. The highest BCUT2D eigenvalue weighted by atomic mass is 19.1. The molecule has 24 heavy (non-hydrogen) atoms. The van der Waals surface area contributed by atoms with E-state index in [-0.39, 0.29) is 11.7 Å². The summed E-state index contributed by atoms with van der Waals surface area (Å²) in [6.45, 7) is 4.24. The topological polar surface area (TPSA) is 64.3 Å². The Morgan fingerprint density at radius 1 is 1.25 bits per heavy atom. The van der Waals surface area contributed by atoms with Crippen LogP contribution in [-0.2, 0) is 11.4 Å². The molecule has 2 aromatic carbocycles. The SMILES string of the molecule is C=CCNC(=O)/C=C\c1ccc(OCc2ccc(F)cc2)c(N)c1. The molecule has 0 atom stereocenters. The van der Waals surface area contributed by atoms with Crippen molar-refractivity contribution in [3.05, 3.63) is 78.1 Å². The van der Waals surface area contributed by atoms with E-state index in [1.165, 1.54) is 18.2 Å². The second-order valence-electron chi connectivity index (χ2n) is 5.08. The summed E-state index contributed by atoms with van der Waals surface area (Å²) in [5.41, 5.74) is 8.06. The lowest BCUT2D eigenvalue weighted by molar-refractivity contribution is -0.116. The van der Waals surface area contributed by atoms with Crippen LogP contribution >= 0.6 is 0 Å². The minimum absolute atomic E-state index is 0.204. The fourth-order valence-corrected chi connectivity index (χ4v) is 1.95. The summed E-state index contributed by atoms with van der Waals surface area (Å²) < 4.78 is 18.5. The van der Waals surface area contributed by atoms with Crippen molar-refractivity contribution in [2.45, 2.75) is 6.61 Å². The smallest absolute Gasteiger partial charge is 0.244 e. The molecule has 4 nitrogen and oxygen atoms in total. The Bertz CT molecular complexity index is 740. The maximum absolute atomic E-state index is 12.9. The number of benzene rings is 2. The molecule has 5 heteroatoms. The minimum atomic E-state index is -0.286. The number of halogens is 1. The Labute approximate surface area is 140 Å². The standard InChI is InChI=1S/C19H19FN2O2/c1-2-11-22-19(23)10-6-14-5-9-18(17(21)12-14)24-13-15-3-7-16(20)8-4-15/h2-10,12H,1,11,13,21H2,(H,22,23)/b10-6-. The van der Waals surface area contributed by atoms with Crippen LogP contribution in [0.4, 0.5) is 10.1 Å². The monoisotopic (exact) mass is 326 g/mol. The lowest BCUT2D eigenvalue weighted by Crippen LogP contribution is -2.20. The van der Waals surface area contributed by atoms with E-state index in [1.54, 1.807) is 42.5 Å². The van der Waals surface area contributed by atoms with Crippen LogP contribution in [0.25, 0.3) is 6.08 Å². The van der Waals surface area contributed by atoms with Gasteiger partial charge in [-0.3, -0.25) is 4.79 Å². The zero-order valence-electron chi connectivity index (χ0n) is 13.2. The summed E-state index contributed by atoms with van der Waals surface area (Å²) in [7, 11) is 0. The van der Waals surface area contributed by atoms with Gasteiger partial charge in [0.15, 0.2) is 0 Å². The number of carbonyl (C=O) groups is 1. The molecule has 0 heterocycles. The number of hydrogen-bond donors (Lipinski definition) is 2. The molecule has 124 valence electrons. The molecule has 0 saturated carbocycles. The fraction of sp³-hybridized carbons (Fsp3) is 0.105. The highest BCUT2D eigenvalue weighted by Crippen LogP contribution is 2.24. The number of rotatable bonds is 7. The maximum atomic E-state index is 12.9. The van der Waals surface area contributed by atoms with Gasteiger partial charge in [-0.25, -0.2) is 4.39 Å². The first-order valence-electron chi connectivity index (χ1n) is 7.42. The van der Waals surface area contributed by atoms with Crippen LogP contribution in [0.2, 0.25) is 0 Å². The average molecular weight is 326 g/mol. The van der Waals surface area contributed by atoms with Crippen LogP contribution in [0.1, 0.15) is 11.1 Å². The number of anilines is 1. The van der Waals surface area contributed by atoms with E-state index in [9.17, 15) is 9.18 Å². The predicted molar refractivity (Wildman–Crippen MR) is 93.8 cm³/mol. The zero-order chi connectivity index (χ0) is 17.4. The molecule has 0 aromatic heterocycles. The fourth-order valence-electron chi connectivity index (χ4n) is 1.95. The molecule has 2 rings (SSSR count). The summed E-state index contributed by atoms with van der Waals surface area (Å²) in [6, 6.07) is 11.3. The molecule has 2 aromatic rings. The molecular weight excluding hydrogens is 307 g/mol. The van der Waals surface area contributed by atoms with Crippen molar-refractivity contribution in [3.8, 4) is 5.75 Å². The second-order valence-corrected chi connectivity index (χ2v) is 5.08. The van der Waals surface area contributed by atoms with Crippen molar-refractivity contribution < 1.29 is 13.9 Å². The third kappa shape index (κ3) is 5.28. The van der Waals surface area contributed by atoms with Crippen molar-refractivity contribution in [3.63, 3.8) is 0 Å². The third-order valence-electron chi connectivity index (χ3n) is 3.19. The first-order chi connectivity index (χ1) is 11.6. The number of ether oxygens (including phenoxy) is 1. The van der Waals surface area contributed by atoms with Crippen LogP contribution in [0.5, 0.6) is 5.75 Å². The minimum Gasteiger partial charge on any atom is -0.487 e. The Hall–Kier alpha value is -3.08. The van der Waals surface area contributed by atoms with Gasteiger partial charge in [0, 0.05) is 12.6 Å². The molecule has 0 bridgehead atoms. The van der Waals surface area contributed by atoms with E-state index < -0.39 is 0 Å². The Morgan fingerprint density at radius 2 is 2.00 bits per heavy atom. The Balaban J connectivity index is 1.96. The van der Waals surface area contributed by atoms with Gasteiger partial charge in [0.2, 0.25) is 5.91 Å². The third-order valence-corrected chi connectivity index (χ3v) is 3.19. The number of hydrogen-bond acceptors (Lipinski definition) is 3. The highest BCUT2D eigenvalue weighted by molar-refractivity contribution is 5.91. The van der Waals surface area contributed by atoms with Gasteiger partial charge >= 0.3 is 0 Å². The molecule has 0 aliphatic carbocycles. The van der Waals surface area contributed by atoms with E-state index in [1.807, 2.05) is 0 Å². The van der Waals surface area contributed by atoms with Crippen molar-refractivity contribution in [1.29, 1.82) is 0 Å². The Morgan fingerprint density at radius 3 is 2.67 bits per heavy atom. The number of amides is 1. The van der Waals surface area contributed by atoms with Gasteiger partial charge in [0.05, 0.1) is 5.69 Å². The number of nitrogen functional groups attached to an aromatic ring is 1. The van der Waals surface area contributed by atoms with Gasteiger partial charge < -0.3 is 15.8 Å². The Kier molecular flexibility index (Phi) is 6.14. The van der Waals surface area contributed by atoms with Gasteiger partial charge in [-0.05, 0) is 41.5 Å². The average Bonchev–Trinajstić information content (AvgIpc) is 2.58. The first kappa shape index (κ1) is 17.3. The first-order valence-corrected chi connectivity index (χ1v) is 7.42. The summed E-state index contributed by atoms with van der Waals surface area (Å²) in [4.78, 5) is 11.5. The molecule has 0 spiro atoms. The second kappa shape index (κ2) is 8.53. The molecule has 0 fully saturated rings. The highest BCUT2D eigenvalue weighted by Gasteiger charge is 2.02. The number of nitrogens with two attached hydrogens (primary N) is 1. The molecular formula is C19H19FN2O2. The van der Waals surface area contributed by atoms with Crippen LogP contribution in [0, 0.1) is 5.82 Å². The lowest BCUT2D eigenvalue weighted by Gasteiger charge is -2.09. The molecule has 0 aliphatic heterocycles.